The molecule has 7 aromatic rings. The molecule has 0 aliphatic heterocycles. The van der Waals surface area contributed by atoms with E-state index in [9.17, 15) is 0 Å². The van der Waals surface area contributed by atoms with Gasteiger partial charge >= 0.3 is 0 Å². The van der Waals surface area contributed by atoms with Crippen LogP contribution in [0.1, 0.15) is 62.2 Å². The third-order valence-electron chi connectivity index (χ3n) is 7.50. The Morgan fingerprint density at radius 3 is 1.67 bits per heavy atom. The van der Waals surface area contributed by atoms with Gasteiger partial charge in [-0.1, -0.05) is 27.7 Å². The van der Waals surface area contributed by atoms with Gasteiger partial charge in [0, 0.05) is 16.9 Å². The fourth-order valence-corrected chi connectivity index (χ4v) is 5.23. The van der Waals surface area contributed by atoms with E-state index in [1.165, 1.54) is 0 Å². The van der Waals surface area contributed by atoms with Crippen LogP contribution in [0, 0.1) is 13.8 Å². The minimum absolute atomic E-state index is 0.388. The predicted molar refractivity (Wildman–Crippen MR) is 192 cm³/mol. The van der Waals surface area contributed by atoms with Crippen molar-refractivity contribution in [3.8, 4) is 5.69 Å². The molecule has 12 nitrogen and oxygen atoms in total. The first-order valence-electron chi connectivity index (χ1n) is 15.5. The molecule has 48 heavy (non-hydrogen) atoms. The average Bonchev–Trinajstić information content (AvgIpc) is 3.42. The Morgan fingerprint density at radius 1 is 0.604 bits per heavy atom. The molecule has 0 fully saturated rings. The minimum Gasteiger partial charge on any atom is -0.323 e. The quantitative estimate of drug-likeness (QED) is 0.166. The third-order valence-corrected chi connectivity index (χ3v) is 7.94. The van der Waals surface area contributed by atoms with Gasteiger partial charge in [0.15, 0.2) is 11.6 Å². The Kier molecular flexibility index (Phi) is 9.57. The van der Waals surface area contributed by atoms with Crippen molar-refractivity contribution < 1.29 is 0 Å². The Bertz CT molecular complexity index is 2210. The van der Waals surface area contributed by atoms with Crippen molar-refractivity contribution in [3.63, 3.8) is 0 Å². The monoisotopic (exact) mass is 702 g/mol. The second-order valence-corrected chi connectivity index (χ2v) is 12.8. The minimum atomic E-state index is 0.388. The van der Waals surface area contributed by atoms with E-state index < -0.39 is 0 Å². The van der Waals surface area contributed by atoms with Crippen molar-refractivity contribution in [1.29, 1.82) is 0 Å². The van der Waals surface area contributed by atoms with Crippen molar-refractivity contribution in [2.24, 2.45) is 0 Å². The standard InChI is InChI=1S/C20H21N7.C15H14BrN5/c1-12(2)15-7-20(26-22-9-15)25-19-6-5-17-18(24-19)8-16(10-21-17)27-11-13(3)23-14(27)4;1-9(2)10-5-15(21-18-7-10)20-14-4-3-12-13(19-14)6-11(16)8-17-12/h5-12H,1-4H3,(H,24,25,26);3-9H,1-2H3,(H,19,20,21). The molecule has 242 valence electrons. The fourth-order valence-electron chi connectivity index (χ4n) is 4.91. The van der Waals surface area contributed by atoms with Gasteiger partial charge in [0.25, 0.3) is 0 Å². The first-order valence-corrected chi connectivity index (χ1v) is 16.3. The Morgan fingerprint density at radius 2 is 1.15 bits per heavy atom. The number of anilines is 4. The van der Waals surface area contributed by atoms with E-state index in [0.717, 1.165) is 60.7 Å². The number of hydrogen-bond acceptors (Lipinski definition) is 11. The molecule has 7 rings (SSSR count). The summed E-state index contributed by atoms with van der Waals surface area (Å²) < 4.78 is 2.92. The molecular weight excluding hydrogens is 668 g/mol. The summed E-state index contributed by atoms with van der Waals surface area (Å²) in [6.07, 6.45) is 9.16. The van der Waals surface area contributed by atoms with Crippen LogP contribution in [0.15, 0.2) is 84.0 Å². The summed E-state index contributed by atoms with van der Waals surface area (Å²) in [7, 11) is 0. The highest BCUT2D eigenvalue weighted by Gasteiger charge is 2.09. The summed E-state index contributed by atoms with van der Waals surface area (Å²) in [5, 5.41) is 22.7. The van der Waals surface area contributed by atoms with E-state index >= 15 is 0 Å². The normalized spacial score (nSPS) is 11.2. The van der Waals surface area contributed by atoms with Gasteiger partial charge in [-0.3, -0.25) is 9.97 Å². The smallest absolute Gasteiger partial charge is 0.154 e. The van der Waals surface area contributed by atoms with E-state index in [2.05, 4.69) is 94.6 Å². The zero-order valence-electron chi connectivity index (χ0n) is 27.5. The largest absolute Gasteiger partial charge is 0.323 e. The van der Waals surface area contributed by atoms with Crippen LogP contribution in [0.25, 0.3) is 27.8 Å². The van der Waals surface area contributed by atoms with Crippen molar-refractivity contribution >= 4 is 61.3 Å². The molecule has 0 aliphatic rings. The molecule has 0 aliphatic carbocycles. The van der Waals surface area contributed by atoms with E-state index in [1.807, 2.05) is 79.3 Å². The van der Waals surface area contributed by atoms with Crippen molar-refractivity contribution in [3.05, 3.63) is 107 Å². The van der Waals surface area contributed by atoms with Crippen LogP contribution in [-0.2, 0) is 0 Å². The lowest BCUT2D eigenvalue weighted by atomic mass is 10.1. The maximum atomic E-state index is 4.69. The summed E-state index contributed by atoms with van der Waals surface area (Å²) in [4.78, 5) is 22.5. The van der Waals surface area contributed by atoms with E-state index in [-0.39, 0.29) is 0 Å². The Hall–Kier alpha value is -5.43. The van der Waals surface area contributed by atoms with Gasteiger partial charge in [-0.15, -0.1) is 10.2 Å². The van der Waals surface area contributed by atoms with Crippen molar-refractivity contribution in [1.82, 2.24) is 49.9 Å². The molecule has 0 radical (unpaired) electrons. The Balaban J connectivity index is 0.000000173. The van der Waals surface area contributed by atoms with E-state index in [1.54, 1.807) is 18.6 Å². The van der Waals surface area contributed by atoms with Crippen molar-refractivity contribution in [2.45, 2.75) is 53.4 Å². The van der Waals surface area contributed by atoms with Crippen LogP contribution in [0.2, 0.25) is 0 Å². The number of nitrogens with one attached hydrogen (secondary N) is 2. The SMILES string of the molecule is CC(C)c1cnnc(Nc2ccc3ncc(Br)cc3n2)c1.Cc1cn(-c2cnc3ccc(Nc4cc(C(C)C)cnn4)nc3c2)c(C)n1. The van der Waals surface area contributed by atoms with Crippen LogP contribution < -0.4 is 10.6 Å². The molecule has 7 aromatic heterocycles. The van der Waals surface area contributed by atoms with Crippen LogP contribution in [0.4, 0.5) is 23.3 Å². The number of fused-ring (bicyclic) bond motifs is 2. The van der Waals surface area contributed by atoms with E-state index in [0.29, 0.717) is 29.3 Å². The van der Waals surface area contributed by atoms with Gasteiger partial charge in [0.2, 0.25) is 0 Å². The lowest BCUT2D eigenvalue weighted by Gasteiger charge is -2.09. The molecule has 0 bridgehead atoms. The Labute approximate surface area is 286 Å². The van der Waals surface area contributed by atoms with Crippen LogP contribution in [0.5, 0.6) is 0 Å². The maximum absolute atomic E-state index is 4.69. The lowest BCUT2D eigenvalue weighted by Crippen LogP contribution is -2.01. The fraction of sp³-hybridized carbons (Fsp3) is 0.229. The molecule has 7 heterocycles. The molecule has 0 saturated carbocycles. The molecule has 0 spiro atoms. The predicted octanol–water partition coefficient (Wildman–Crippen LogP) is 8.14. The zero-order chi connectivity index (χ0) is 33.8. The molecule has 0 unspecified atom stereocenters. The summed E-state index contributed by atoms with van der Waals surface area (Å²) in [5.41, 5.74) is 7.48. The lowest BCUT2D eigenvalue weighted by molar-refractivity contribution is 0.843. The van der Waals surface area contributed by atoms with E-state index in [4.69, 9.17) is 4.98 Å². The number of imidazole rings is 1. The number of rotatable bonds is 7. The average molecular weight is 704 g/mol. The molecule has 0 amide bonds. The molecule has 0 saturated heterocycles. The highest BCUT2D eigenvalue weighted by atomic mass is 79.9. The van der Waals surface area contributed by atoms with Crippen molar-refractivity contribution in [2.75, 3.05) is 10.6 Å². The molecule has 2 N–H and O–H groups in total. The highest BCUT2D eigenvalue weighted by Crippen LogP contribution is 2.23. The number of hydrogen-bond donors (Lipinski definition) is 2. The van der Waals surface area contributed by atoms with Gasteiger partial charge in [-0.2, -0.15) is 10.2 Å². The number of halogens is 1. The first-order chi connectivity index (χ1) is 23.1. The number of nitrogens with zero attached hydrogens (tertiary/aromatic N) is 10. The zero-order valence-corrected chi connectivity index (χ0v) is 29.1. The van der Waals surface area contributed by atoms with Crippen LogP contribution >= 0.6 is 15.9 Å². The summed E-state index contributed by atoms with van der Waals surface area (Å²) in [6.45, 7) is 12.5. The second kappa shape index (κ2) is 14.1. The number of pyridine rings is 4. The first kappa shape index (κ1) is 32.5. The molecule has 0 atom stereocenters. The van der Waals surface area contributed by atoms with Crippen LogP contribution in [0.3, 0.4) is 0 Å². The van der Waals surface area contributed by atoms with Gasteiger partial charge in [-0.05, 0) is 101 Å². The second-order valence-electron chi connectivity index (χ2n) is 11.9. The number of aromatic nitrogens is 10. The summed E-state index contributed by atoms with van der Waals surface area (Å²) in [5.74, 6) is 4.51. The molecule has 13 heteroatoms. The van der Waals surface area contributed by atoms with Crippen LogP contribution in [-0.4, -0.2) is 49.9 Å². The van der Waals surface area contributed by atoms with Gasteiger partial charge in [-0.25, -0.2) is 15.0 Å². The summed E-state index contributed by atoms with van der Waals surface area (Å²) >= 11 is 3.40. The summed E-state index contributed by atoms with van der Waals surface area (Å²) in [6, 6.07) is 15.6. The number of aryl methyl sites for hydroxylation is 2. The van der Waals surface area contributed by atoms with Gasteiger partial charge < -0.3 is 15.2 Å². The maximum Gasteiger partial charge on any atom is 0.154 e. The third kappa shape index (κ3) is 7.74. The topological polar surface area (TPSA) is 145 Å². The molecule has 0 aromatic carbocycles. The highest BCUT2D eigenvalue weighted by molar-refractivity contribution is 9.10. The van der Waals surface area contributed by atoms with Gasteiger partial charge in [0.1, 0.15) is 17.5 Å². The van der Waals surface area contributed by atoms with Gasteiger partial charge in [0.05, 0.1) is 52.0 Å². The molecular formula is C35H35BrN12.